The second-order valence-corrected chi connectivity index (χ2v) is 4.24. The molecule has 0 atom stereocenters. The monoisotopic (exact) mass is 256 g/mol. The lowest BCUT2D eigenvalue weighted by atomic mass is 10.1. The van der Waals surface area contributed by atoms with E-state index in [-0.39, 0.29) is 5.84 Å². The molecule has 0 aliphatic heterocycles. The maximum atomic E-state index is 8.08. The minimum absolute atomic E-state index is 0.223. The van der Waals surface area contributed by atoms with Crippen molar-refractivity contribution in [3.05, 3.63) is 36.0 Å². The van der Waals surface area contributed by atoms with Crippen LogP contribution in [0.25, 0.3) is 11.3 Å². The van der Waals surface area contributed by atoms with E-state index in [0.717, 1.165) is 17.6 Å². The molecule has 2 rings (SSSR count). The first-order chi connectivity index (χ1) is 9.04. The summed E-state index contributed by atoms with van der Waals surface area (Å²) in [7, 11) is 3.48. The molecule has 0 bridgehead atoms. The average Bonchev–Trinajstić information content (AvgIpc) is 2.78. The third-order valence-electron chi connectivity index (χ3n) is 2.90. The topological polar surface area (TPSA) is 94.8 Å². The summed E-state index contributed by atoms with van der Waals surface area (Å²) in [4.78, 5) is 1.42. The van der Waals surface area contributed by atoms with Crippen LogP contribution in [-0.4, -0.2) is 33.9 Å². The van der Waals surface area contributed by atoms with Crippen LogP contribution in [0, 0.1) is 10.8 Å². The SMILES string of the molecule is CN(C=N)C(=N)c1cnn(C)c1-c1cccc(N)c1. The summed E-state index contributed by atoms with van der Waals surface area (Å²) in [6.07, 6.45) is 2.72. The number of anilines is 1. The first-order valence-electron chi connectivity index (χ1n) is 5.75. The number of hydrogen-bond donors (Lipinski definition) is 3. The van der Waals surface area contributed by atoms with Gasteiger partial charge in [0.25, 0.3) is 0 Å². The smallest absolute Gasteiger partial charge is 0.136 e. The van der Waals surface area contributed by atoms with Gasteiger partial charge in [0, 0.05) is 25.3 Å². The highest BCUT2D eigenvalue weighted by Crippen LogP contribution is 2.25. The van der Waals surface area contributed by atoms with Gasteiger partial charge in [0.1, 0.15) is 5.84 Å². The van der Waals surface area contributed by atoms with Crippen molar-refractivity contribution in [3.63, 3.8) is 0 Å². The third kappa shape index (κ3) is 2.33. The van der Waals surface area contributed by atoms with Crippen LogP contribution in [0.4, 0.5) is 5.69 Å². The lowest BCUT2D eigenvalue weighted by Crippen LogP contribution is -2.25. The highest BCUT2D eigenvalue weighted by Gasteiger charge is 2.17. The summed E-state index contributed by atoms with van der Waals surface area (Å²) < 4.78 is 1.70. The molecule has 2 aromatic rings. The largest absolute Gasteiger partial charge is 0.399 e. The van der Waals surface area contributed by atoms with E-state index in [1.54, 1.807) is 17.9 Å². The van der Waals surface area contributed by atoms with E-state index in [4.69, 9.17) is 16.6 Å². The van der Waals surface area contributed by atoms with Gasteiger partial charge in [-0.3, -0.25) is 15.5 Å². The molecule has 98 valence electrons. The highest BCUT2D eigenvalue weighted by molar-refractivity contribution is 6.05. The Balaban J connectivity index is 2.55. The normalized spacial score (nSPS) is 10.2. The van der Waals surface area contributed by atoms with Gasteiger partial charge in [0.05, 0.1) is 23.8 Å². The predicted molar refractivity (Wildman–Crippen MR) is 76.4 cm³/mol. The molecule has 0 aliphatic rings. The summed E-state index contributed by atoms with van der Waals surface area (Å²) in [6, 6.07) is 7.45. The zero-order valence-electron chi connectivity index (χ0n) is 10.9. The lowest BCUT2D eigenvalue weighted by Gasteiger charge is -2.14. The number of nitrogen functional groups attached to an aromatic ring is 1. The van der Waals surface area contributed by atoms with Crippen molar-refractivity contribution in [1.29, 1.82) is 10.8 Å². The first kappa shape index (κ1) is 12.8. The van der Waals surface area contributed by atoms with Gasteiger partial charge >= 0.3 is 0 Å². The Morgan fingerprint density at radius 1 is 1.47 bits per heavy atom. The van der Waals surface area contributed by atoms with Crippen LogP contribution in [0.5, 0.6) is 0 Å². The van der Waals surface area contributed by atoms with E-state index in [0.29, 0.717) is 11.3 Å². The lowest BCUT2D eigenvalue weighted by molar-refractivity contribution is 0.763. The fourth-order valence-corrected chi connectivity index (χ4v) is 1.89. The zero-order valence-corrected chi connectivity index (χ0v) is 10.9. The summed E-state index contributed by atoms with van der Waals surface area (Å²) in [5, 5.41) is 19.5. The summed E-state index contributed by atoms with van der Waals surface area (Å²) >= 11 is 0. The molecule has 6 nitrogen and oxygen atoms in total. The number of aryl methyl sites for hydroxylation is 1. The van der Waals surface area contributed by atoms with Crippen LogP contribution in [0.15, 0.2) is 30.5 Å². The standard InChI is InChI=1S/C13H16N6/c1-18(8-14)13(16)11-7-17-19(2)12(11)9-4-3-5-10(15)6-9/h3-8,14,16H,15H2,1-2H3. The van der Waals surface area contributed by atoms with Gasteiger partial charge < -0.3 is 10.6 Å². The Hall–Kier alpha value is -2.63. The number of nitrogens with two attached hydrogens (primary N) is 1. The molecule has 4 N–H and O–H groups in total. The number of benzene rings is 1. The molecule has 1 heterocycles. The van der Waals surface area contributed by atoms with E-state index in [1.807, 2.05) is 31.3 Å². The Kier molecular flexibility index (Phi) is 3.33. The van der Waals surface area contributed by atoms with E-state index < -0.39 is 0 Å². The van der Waals surface area contributed by atoms with Crippen molar-refractivity contribution in [2.24, 2.45) is 7.05 Å². The van der Waals surface area contributed by atoms with Crippen LogP contribution in [0.2, 0.25) is 0 Å². The van der Waals surface area contributed by atoms with Gasteiger partial charge in [0.2, 0.25) is 0 Å². The molecule has 1 aromatic carbocycles. The van der Waals surface area contributed by atoms with Gasteiger partial charge in [-0.05, 0) is 12.1 Å². The number of rotatable bonds is 3. The van der Waals surface area contributed by atoms with E-state index in [9.17, 15) is 0 Å². The molecule has 0 spiro atoms. The molecule has 0 fully saturated rings. The third-order valence-corrected chi connectivity index (χ3v) is 2.90. The van der Waals surface area contributed by atoms with Crippen LogP contribution in [0.3, 0.4) is 0 Å². The van der Waals surface area contributed by atoms with Gasteiger partial charge in [-0.15, -0.1) is 0 Å². The zero-order chi connectivity index (χ0) is 14.0. The molecule has 1 aromatic heterocycles. The maximum Gasteiger partial charge on any atom is 0.136 e. The fraction of sp³-hybridized carbons (Fsp3) is 0.154. The van der Waals surface area contributed by atoms with Crippen molar-refractivity contribution >= 4 is 17.9 Å². The molecular formula is C13H16N6. The minimum Gasteiger partial charge on any atom is -0.399 e. The summed E-state index contributed by atoms with van der Waals surface area (Å²) in [5.74, 6) is 0.223. The highest BCUT2D eigenvalue weighted by atomic mass is 15.3. The number of nitrogens with one attached hydrogen (secondary N) is 2. The Morgan fingerprint density at radius 2 is 2.21 bits per heavy atom. The second kappa shape index (κ2) is 4.93. The van der Waals surface area contributed by atoms with Crippen LogP contribution in [-0.2, 0) is 7.05 Å². The minimum atomic E-state index is 0.223. The van der Waals surface area contributed by atoms with Gasteiger partial charge in [0.15, 0.2) is 0 Å². The van der Waals surface area contributed by atoms with Gasteiger partial charge in [-0.25, -0.2) is 0 Å². The molecule has 0 saturated carbocycles. The molecule has 0 aliphatic carbocycles. The molecule has 0 amide bonds. The Morgan fingerprint density at radius 3 is 2.84 bits per heavy atom. The number of hydrogen-bond acceptors (Lipinski definition) is 4. The maximum absolute atomic E-state index is 8.08. The molecule has 0 saturated heterocycles. The van der Waals surface area contributed by atoms with Crippen molar-refractivity contribution in [3.8, 4) is 11.3 Å². The van der Waals surface area contributed by atoms with Crippen LogP contribution in [0.1, 0.15) is 5.56 Å². The second-order valence-electron chi connectivity index (χ2n) is 4.24. The van der Waals surface area contributed by atoms with E-state index >= 15 is 0 Å². The molecular weight excluding hydrogens is 240 g/mol. The van der Waals surface area contributed by atoms with Gasteiger partial charge in [-0.2, -0.15) is 5.10 Å². The molecule has 6 heteroatoms. The fourth-order valence-electron chi connectivity index (χ4n) is 1.89. The number of amidine groups is 1. The first-order valence-corrected chi connectivity index (χ1v) is 5.75. The van der Waals surface area contributed by atoms with Crippen LogP contribution < -0.4 is 5.73 Å². The Bertz CT molecular complexity index is 628. The molecule has 19 heavy (non-hydrogen) atoms. The number of aromatic nitrogens is 2. The molecule has 0 unspecified atom stereocenters. The predicted octanol–water partition coefficient (Wildman–Crippen LogP) is 1.53. The quantitative estimate of drug-likeness (QED) is 0.441. The van der Waals surface area contributed by atoms with Crippen molar-refractivity contribution in [2.45, 2.75) is 0 Å². The summed E-state index contributed by atoms with van der Waals surface area (Å²) in [5.41, 5.74) is 8.84. The van der Waals surface area contributed by atoms with Crippen molar-refractivity contribution < 1.29 is 0 Å². The van der Waals surface area contributed by atoms with Crippen molar-refractivity contribution in [1.82, 2.24) is 14.7 Å². The average molecular weight is 256 g/mol. The summed E-state index contributed by atoms with van der Waals surface area (Å²) in [6.45, 7) is 0. The van der Waals surface area contributed by atoms with Crippen molar-refractivity contribution in [2.75, 3.05) is 12.8 Å². The van der Waals surface area contributed by atoms with Gasteiger partial charge in [-0.1, -0.05) is 12.1 Å². The van der Waals surface area contributed by atoms with E-state index in [1.165, 1.54) is 4.90 Å². The van der Waals surface area contributed by atoms with Crippen LogP contribution >= 0.6 is 0 Å². The van der Waals surface area contributed by atoms with E-state index in [2.05, 4.69) is 5.10 Å². The molecule has 0 radical (unpaired) electrons. The number of nitrogens with zero attached hydrogens (tertiary/aromatic N) is 3. The Labute approximate surface area is 111 Å².